The number of carboxylic acid groups (broad SMARTS) is 1. The van der Waals surface area contributed by atoms with Gasteiger partial charge < -0.3 is 14.8 Å². The number of fused-ring (bicyclic) bond motifs is 1. The lowest BCUT2D eigenvalue weighted by atomic mass is 9.88. The van der Waals surface area contributed by atoms with Crippen molar-refractivity contribution in [3.05, 3.63) is 30.0 Å². The van der Waals surface area contributed by atoms with Crippen LogP contribution in [0, 0.1) is 5.41 Å². The predicted octanol–water partition coefficient (Wildman–Crippen LogP) is 2.83. The molecule has 1 heterocycles. The first-order chi connectivity index (χ1) is 8.44. The highest BCUT2D eigenvalue weighted by molar-refractivity contribution is 5.86. The Bertz CT molecular complexity index is 584. The van der Waals surface area contributed by atoms with Gasteiger partial charge in [-0.1, -0.05) is 12.1 Å². The second-order valence-electron chi connectivity index (χ2n) is 5.08. The topological polar surface area (TPSA) is 62.3 Å². The van der Waals surface area contributed by atoms with E-state index in [1.54, 1.807) is 21.0 Å². The highest BCUT2D eigenvalue weighted by atomic mass is 16.5. The lowest BCUT2D eigenvalue weighted by Crippen LogP contribution is -2.26. The van der Waals surface area contributed by atoms with Gasteiger partial charge in [0.15, 0.2) is 0 Å². The monoisotopic (exact) mass is 247 g/mol. The molecule has 0 radical (unpaired) electrons. The van der Waals surface area contributed by atoms with Crippen LogP contribution in [0.25, 0.3) is 10.9 Å². The van der Waals surface area contributed by atoms with Gasteiger partial charge in [-0.15, -0.1) is 0 Å². The van der Waals surface area contributed by atoms with Crippen molar-refractivity contribution in [3.63, 3.8) is 0 Å². The van der Waals surface area contributed by atoms with Crippen molar-refractivity contribution in [3.8, 4) is 5.75 Å². The maximum atomic E-state index is 11.1. The number of rotatable bonds is 4. The summed E-state index contributed by atoms with van der Waals surface area (Å²) in [5.74, 6) is -0.0278. The molecule has 2 N–H and O–H groups in total. The molecule has 4 nitrogen and oxygen atoms in total. The summed E-state index contributed by atoms with van der Waals surface area (Å²) in [6.45, 7) is 3.44. The van der Waals surface area contributed by atoms with Crippen LogP contribution in [0.15, 0.2) is 24.3 Å². The Morgan fingerprint density at radius 3 is 2.78 bits per heavy atom. The first-order valence-electron chi connectivity index (χ1n) is 5.82. The highest BCUT2D eigenvalue weighted by Crippen LogP contribution is 2.28. The third kappa shape index (κ3) is 2.18. The van der Waals surface area contributed by atoms with Crippen molar-refractivity contribution >= 4 is 16.9 Å². The molecule has 96 valence electrons. The molecule has 0 unspecified atom stereocenters. The summed E-state index contributed by atoms with van der Waals surface area (Å²) >= 11 is 0. The Morgan fingerprint density at radius 1 is 1.44 bits per heavy atom. The van der Waals surface area contributed by atoms with Crippen LogP contribution in [0.2, 0.25) is 0 Å². The van der Waals surface area contributed by atoms with Crippen LogP contribution in [0.5, 0.6) is 5.75 Å². The van der Waals surface area contributed by atoms with E-state index in [4.69, 9.17) is 9.84 Å². The van der Waals surface area contributed by atoms with Gasteiger partial charge in [0.25, 0.3) is 0 Å². The minimum absolute atomic E-state index is 0.458. The van der Waals surface area contributed by atoms with E-state index in [2.05, 4.69) is 4.98 Å². The zero-order valence-electron chi connectivity index (χ0n) is 10.8. The number of para-hydroxylation sites is 1. The van der Waals surface area contributed by atoms with Crippen molar-refractivity contribution in [2.75, 3.05) is 7.11 Å². The Kier molecular flexibility index (Phi) is 3.03. The van der Waals surface area contributed by atoms with Crippen LogP contribution in [0.1, 0.15) is 19.5 Å². The third-order valence-corrected chi connectivity index (χ3v) is 3.11. The van der Waals surface area contributed by atoms with Gasteiger partial charge in [0, 0.05) is 17.5 Å². The average Bonchev–Trinajstić information content (AvgIpc) is 2.69. The van der Waals surface area contributed by atoms with E-state index in [1.807, 2.05) is 24.3 Å². The summed E-state index contributed by atoms with van der Waals surface area (Å²) in [6.07, 6.45) is 0.458. The average molecular weight is 247 g/mol. The van der Waals surface area contributed by atoms with Gasteiger partial charge in [-0.25, -0.2) is 0 Å². The Balaban J connectivity index is 2.39. The molecule has 0 saturated heterocycles. The smallest absolute Gasteiger partial charge is 0.309 e. The summed E-state index contributed by atoms with van der Waals surface area (Å²) in [5.41, 5.74) is 1.03. The number of carboxylic acids is 1. The van der Waals surface area contributed by atoms with Crippen LogP contribution in [-0.4, -0.2) is 23.2 Å². The van der Waals surface area contributed by atoms with Gasteiger partial charge in [0.2, 0.25) is 0 Å². The van der Waals surface area contributed by atoms with Crippen molar-refractivity contribution in [1.29, 1.82) is 0 Å². The molecule has 0 amide bonds. The zero-order valence-corrected chi connectivity index (χ0v) is 10.8. The van der Waals surface area contributed by atoms with E-state index in [0.717, 1.165) is 22.3 Å². The van der Waals surface area contributed by atoms with Crippen molar-refractivity contribution in [1.82, 2.24) is 4.98 Å². The molecular weight excluding hydrogens is 230 g/mol. The van der Waals surface area contributed by atoms with Crippen LogP contribution in [0.3, 0.4) is 0 Å². The number of ether oxygens (including phenoxy) is 1. The van der Waals surface area contributed by atoms with Gasteiger partial charge in [-0.2, -0.15) is 0 Å². The number of carbonyl (C=O) groups is 1. The fraction of sp³-hybridized carbons (Fsp3) is 0.357. The quantitative estimate of drug-likeness (QED) is 0.873. The molecule has 0 aliphatic heterocycles. The lowest BCUT2D eigenvalue weighted by molar-refractivity contribution is -0.146. The maximum absolute atomic E-state index is 11.1. The second kappa shape index (κ2) is 4.37. The van der Waals surface area contributed by atoms with Crippen LogP contribution < -0.4 is 4.74 Å². The largest absolute Gasteiger partial charge is 0.495 e. The fourth-order valence-electron chi connectivity index (χ4n) is 2.00. The fourth-order valence-corrected chi connectivity index (χ4v) is 2.00. The molecule has 0 spiro atoms. The van der Waals surface area contributed by atoms with Gasteiger partial charge in [-0.3, -0.25) is 4.79 Å². The van der Waals surface area contributed by atoms with E-state index in [1.165, 1.54) is 0 Å². The van der Waals surface area contributed by atoms with E-state index in [9.17, 15) is 4.79 Å². The van der Waals surface area contributed by atoms with E-state index < -0.39 is 11.4 Å². The van der Waals surface area contributed by atoms with Gasteiger partial charge in [0.1, 0.15) is 5.75 Å². The van der Waals surface area contributed by atoms with E-state index in [-0.39, 0.29) is 0 Å². The van der Waals surface area contributed by atoms with Gasteiger partial charge in [0.05, 0.1) is 18.0 Å². The third-order valence-electron chi connectivity index (χ3n) is 3.11. The highest BCUT2D eigenvalue weighted by Gasteiger charge is 2.28. The molecule has 2 rings (SSSR count). The number of hydrogen-bond donors (Lipinski definition) is 2. The van der Waals surface area contributed by atoms with Gasteiger partial charge in [-0.05, 0) is 26.0 Å². The van der Waals surface area contributed by atoms with E-state index >= 15 is 0 Å². The van der Waals surface area contributed by atoms with Crippen LogP contribution in [-0.2, 0) is 11.2 Å². The summed E-state index contributed by atoms with van der Waals surface area (Å²) in [5, 5.41) is 10.2. The normalized spacial score (nSPS) is 11.7. The zero-order chi connectivity index (χ0) is 13.3. The molecule has 0 saturated carbocycles. The molecule has 2 aromatic rings. The predicted molar refractivity (Wildman–Crippen MR) is 70.0 cm³/mol. The molecule has 1 aromatic heterocycles. The number of aromatic amines is 1. The summed E-state index contributed by atoms with van der Waals surface area (Å²) in [4.78, 5) is 14.4. The Morgan fingerprint density at radius 2 is 2.17 bits per heavy atom. The lowest BCUT2D eigenvalue weighted by Gasteiger charge is -2.17. The Hall–Kier alpha value is -1.97. The minimum atomic E-state index is -0.798. The maximum Gasteiger partial charge on any atom is 0.309 e. The van der Waals surface area contributed by atoms with E-state index in [0.29, 0.717) is 6.42 Å². The number of benzene rings is 1. The number of H-pyrrole nitrogens is 1. The molecule has 0 fully saturated rings. The molecule has 1 aromatic carbocycles. The molecule has 0 aliphatic carbocycles. The molecule has 0 atom stereocenters. The summed E-state index contributed by atoms with van der Waals surface area (Å²) < 4.78 is 5.27. The SMILES string of the molecule is COc1cccc2cc(CC(C)(C)C(=O)O)[nH]c12. The molecule has 18 heavy (non-hydrogen) atoms. The molecule has 0 bridgehead atoms. The second-order valence-corrected chi connectivity index (χ2v) is 5.08. The number of aliphatic carboxylic acids is 1. The van der Waals surface area contributed by atoms with Crippen LogP contribution >= 0.6 is 0 Å². The first kappa shape index (κ1) is 12.5. The summed E-state index contributed by atoms with van der Waals surface area (Å²) in [6, 6.07) is 7.75. The molecule has 0 aliphatic rings. The Labute approximate surface area is 106 Å². The van der Waals surface area contributed by atoms with Crippen molar-refractivity contribution in [2.45, 2.75) is 20.3 Å². The number of methoxy groups -OCH3 is 1. The molecular formula is C14H17NO3. The minimum Gasteiger partial charge on any atom is -0.495 e. The number of hydrogen-bond acceptors (Lipinski definition) is 2. The number of aromatic nitrogens is 1. The first-order valence-corrected chi connectivity index (χ1v) is 5.82. The summed E-state index contributed by atoms with van der Waals surface area (Å²) in [7, 11) is 1.62. The standard InChI is InChI=1S/C14H17NO3/c1-14(2,13(16)17)8-10-7-9-5-4-6-11(18-3)12(9)15-10/h4-7,15H,8H2,1-3H3,(H,16,17). The van der Waals surface area contributed by atoms with Crippen molar-refractivity contribution < 1.29 is 14.6 Å². The van der Waals surface area contributed by atoms with Gasteiger partial charge >= 0.3 is 5.97 Å². The molecule has 4 heteroatoms. The van der Waals surface area contributed by atoms with Crippen LogP contribution in [0.4, 0.5) is 0 Å². The number of nitrogens with one attached hydrogen (secondary N) is 1. The van der Waals surface area contributed by atoms with Crippen molar-refractivity contribution in [2.24, 2.45) is 5.41 Å².